The summed E-state index contributed by atoms with van der Waals surface area (Å²) in [5.41, 5.74) is 1.17. The summed E-state index contributed by atoms with van der Waals surface area (Å²) in [6.45, 7) is 6.47. The molecular formula is C39H56FN3O4. The molecule has 3 aromatic rings. The Morgan fingerprint density at radius 1 is 0.745 bits per heavy atom. The lowest BCUT2D eigenvalue weighted by molar-refractivity contribution is -0.134. The minimum atomic E-state index is -0.330. The number of aromatic nitrogens is 1. The van der Waals surface area contributed by atoms with Gasteiger partial charge in [0.2, 0.25) is 0 Å². The van der Waals surface area contributed by atoms with Crippen molar-refractivity contribution in [3.63, 3.8) is 0 Å². The quantitative estimate of drug-likeness (QED) is 0.0438. The van der Waals surface area contributed by atoms with Gasteiger partial charge in [0, 0.05) is 50.7 Å². The summed E-state index contributed by atoms with van der Waals surface area (Å²) in [7, 11) is 0. The molecule has 4 rings (SSSR count). The number of Topliss-reactive ketones (excluding diaryl/α,β-unsaturated/α-hetero) is 1. The van der Waals surface area contributed by atoms with Crippen LogP contribution in [0.4, 0.5) is 10.2 Å². The highest BCUT2D eigenvalue weighted by Gasteiger charge is 2.22. The molecule has 0 bridgehead atoms. The number of piperazine rings is 1. The molecule has 1 aliphatic rings. The van der Waals surface area contributed by atoms with Crippen molar-refractivity contribution in [3.8, 4) is 5.75 Å². The Kier molecular flexibility index (Phi) is 16.2. The highest BCUT2D eigenvalue weighted by molar-refractivity contribution is 5.96. The van der Waals surface area contributed by atoms with Crippen LogP contribution in [0.25, 0.3) is 11.0 Å². The molecule has 0 amide bonds. The molecule has 0 radical (unpaired) electrons. The fourth-order valence-corrected chi connectivity index (χ4v) is 6.45. The van der Waals surface area contributed by atoms with Gasteiger partial charge in [-0.3, -0.25) is 14.5 Å². The first-order chi connectivity index (χ1) is 23.0. The molecule has 7 nitrogen and oxygen atoms in total. The third-order valence-corrected chi connectivity index (χ3v) is 9.36. The van der Waals surface area contributed by atoms with Crippen molar-refractivity contribution < 1.29 is 23.2 Å². The number of carbonyl (C=O) groups excluding carboxylic acids is 2. The van der Waals surface area contributed by atoms with Crippen molar-refractivity contribution >= 4 is 28.5 Å². The summed E-state index contributed by atoms with van der Waals surface area (Å²) in [6, 6.07) is 11.3. The Morgan fingerprint density at radius 3 is 1.96 bits per heavy atom. The summed E-state index contributed by atoms with van der Waals surface area (Å²) in [6.07, 6.45) is 21.1. The number of hydrogen-bond donors (Lipinski definition) is 0. The largest absolute Gasteiger partial charge is 0.426 e. The normalized spacial score (nSPS) is 13.8. The van der Waals surface area contributed by atoms with Crippen LogP contribution in [0.15, 0.2) is 47.0 Å². The van der Waals surface area contributed by atoms with Gasteiger partial charge in [0.05, 0.1) is 5.39 Å². The van der Waals surface area contributed by atoms with E-state index in [2.05, 4.69) is 21.9 Å². The Morgan fingerprint density at radius 2 is 1.34 bits per heavy atom. The monoisotopic (exact) mass is 649 g/mol. The highest BCUT2D eigenvalue weighted by atomic mass is 19.1. The number of nitrogens with zero attached hydrogens (tertiary/aromatic N) is 3. The van der Waals surface area contributed by atoms with E-state index in [0.29, 0.717) is 29.7 Å². The molecule has 0 spiro atoms. The van der Waals surface area contributed by atoms with E-state index in [1.807, 2.05) is 12.1 Å². The van der Waals surface area contributed by atoms with E-state index >= 15 is 0 Å². The third-order valence-electron chi connectivity index (χ3n) is 9.36. The molecule has 8 heteroatoms. The van der Waals surface area contributed by atoms with Crippen LogP contribution in [-0.4, -0.2) is 54.5 Å². The van der Waals surface area contributed by atoms with Gasteiger partial charge in [-0.1, -0.05) is 102 Å². The molecule has 1 saturated heterocycles. The fourth-order valence-electron chi connectivity index (χ4n) is 6.45. The van der Waals surface area contributed by atoms with Crippen LogP contribution in [0.5, 0.6) is 5.75 Å². The number of unbranched alkanes of at least 4 members (excludes halogenated alkanes) is 14. The second-order valence-electron chi connectivity index (χ2n) is 13.2. The minimum absolute atomic E-state index is 0.0489. The van der Waals surface area contributed by atoms with Gasteiger partial charge in [-0.25, -0.2) is 4.39 Å². The van der Waals surface area contributed by atoms with E-state index in [-0.39, 0.29) is 17.6 Å². The number of ether oxygens (including phenoxy) is 1. The molecule has 2 aromatic carbocycles. The van der Waals surface area contributed by atoms with Crippen LogP contribution >= 0.6 is 0 Å². The van der Waals surface area contributed by atoms with Crippen LogP contribution in [0.3, 0.4) is 0 Å². The van der Waals surface area contributed by atoms with Crippen molar-refractivity contribution in [1.82, 2.24) is 10.1 Å². The van der Waals surface area contributed by atoms with Crippen molar-refractivity contribution in [2.24, 2.45) is 0 Å². The number of benzene rings is 2. The lowest BCUT2D eigenvalue weighted by Crippen LogP contribution is -2.46. The maximum atomic E-state index is 13.1. The zero-order valence-corrected chi connectivity index (χ0v) is 28.7. The Balaban J connectivity index is 1.05. The molecule has 2 heterocycles. The van der Waals surface area contributed by atoms with Gasteiger partial charge in [0.1, 0.15) is 11.6 Å². The second-order valence-corrected chi connectivity index (χ2v) is 13.2. The van der Waals surface area contributed by atoms with Gasteiger partial charge < -0.3 is 14.2 Å². The number of rotatable bonds is 23. The Bertz CT molecular complexity index is 1330. The predicted octanol–water partition coefficient (Wildman–Crippen LogP) is 9.92. The summed E-state index contributed by atoms with van der Waals surface area (Å²) in [5.74, 6) is 0.818. The molecule has 258 valence electrons. The van der Waals surface area contributed by atoms with Crippen LogP contribution in [-0.2, 0) is 4.79 Å². The van der Waals surface area contributed by atoms with Gasteiger partial charge in [-0.15, -0.1) is 0 Å². The van der Waals surface area contributed by atoms with Crippen LogP contribution < -0.4 is 9.64 Å². The minimum Gasteiger partial charge on any atom is -0.426 e. The Labute approximate surface area is 281 Å². The fraction of sp³-hybridized carbons (Fsp3) is 0.615. The topological polar surface area (TPSA) is 75.9 Å². The molecule has 47 heavy (non-hydrogen) atoms. The SMILES string of the molecule is CCCCCCCCCCCCCCCCCC(=O)Oc1ccc2c(N3CCN(CCCC(=O)c4ccc(F)cc4)CC3)noc2c1. The van der Waals surface area contributed by atoms with Crippen LogP contribution in [0.1, 0.15) is 133 Å². The van der Waals surface area contributed by atoms with E-state index in [9.17, 15) is 14.0 Å². The van der Waals surface area contributed by atoms with Crippen molar-refractivity contribution in [1.29, 1.82) is 0 Å². The second kappa shape index (κ2) is 20.9. The average Bonchev–Trinajstić information content (AvgIpc) is 3.50. The number of halogens is 1. The van der Waals surface area contributed by atoms with E-state index < -0.39 is 0 Å². The number of carbonyl (C=O) groups is 2. The molecule has 1 aliphatic heterocycles. The molecule has 0 N–H and O–H groups in total. The van der Waals surface area contributed by atoms with E-state index in [0.717, 1.165) is 63.2 Å². The summed E-state index contributed by atoms with van der Waals surface area (Å²) in [5, 5.41) is 5.24. The molecule has 0 saturated carbocycles. The first-order valence-electron chi connectivity index (χ1n) is 18.4. The highest BCUT2D eigenvalue weighted by Crippen LogP contribution is 2.30. The van der Waals surface area contributed by atoms with Crippen molar-refractivity contribution in [2.75, 3.05) is 37.6 Å². The van der Waals surface area contributed by atoms with Gasteiger partial charge in [-0.05, 0) is 55.8 Å². The summed E-state index contributed by atoms with van der Waals surface area (Å²) < 4.78 is 24.3. The molecule has 1 fully saturated rings. The van der Waals surface area contributed by atoms with Gasteiger partial charge in [-0.2, -0.15) is 0 Å². The number of ketones is 1. The average molecular weight is 650 g/mol. The summed E-state index contributed by atoms with van der Waals surface area (Å²) >= 11 is 0. The third kappa shape index (κ3) is 13.0. The molecular weight excluding hydrogens is 593 g/mol. The standard InChI is InChI=1S/C39H56FN3O4/c1-2-3-4-5-6-7-8-9-10-11-12-13-14-15-16-19-38(45)46-34-24-25-35-37(31-34)47-41-39(35)43-29-27-42(28-30-43)26-17-18-36(44)32-20-22-33(40)23-21-32/h20-25,31H,2-19,26-30H2,1H3. The molecule has 1 aromatic heterocycles. The zero-order chi connectivity index (χ0) is 33.1. The van der Waals surface area contributed by atoms with Crippen LogP contribution in [0.2, 0.25) is 0 Å². The number of hydrogen-bond acceptors (Lipinski definition) is 7. The maximum absolute atomic E-state index is 13.1. The first-order valence-corrected chi connectivity index (χ1v) is 18.4. The van der Waals surface area contributed by atoms with Gasteiger partial charge in [0.15, 0.2) is 17.2 Å². The predicted molar refractivity (Wildman–Crippen MR) is 188 cm³/mol. The molecule has 0 aliphatic carbocycles. The van der Waals surface area contributed by atoms with Gasteiger partial charge >= 0.3 is 5.97 Å². The van der Waals surface area contributed by atoms with E-state index in [1.54, 1.807) is 18.2 Å². The lowest BCUT2D eigenvalue weighted by Gasteiger charge is -2.34. The number of esters is 1. The Hall–Kier alpha value is -3.26. The van der Waals surface area contributed by atoms with Crippen molar-refractivity contribution in [2.45, 2.75) is 122 Å². The number of anilines is 1. The maximum Gasteiger partial charge on any atom is 0.311 e. The van der Waals surface area contributed by atoms with Crippen LogP contribution in [0, 0.1) is 5.82 Å². The zero-order valence-electron chi connectivity index (χ0n) is 28.7. The number of fused-ring (bicyclic) bond motifs is 1. The first kappa shape index (κ1) is 36.6. The smallest absolute Gasteiger partial charge is 0.311 e. The van der Waals surface area contributed by atoms with Crippen molar-refractivity contribution in [3.05, 3.63) is 53.8 Å². The molecule has 0 unspecified atom stereocenters. The van der Waals surface area contributed by atoms with Gasteiger partial charge in [0.25, 0.3) is 0 Å². The van der Waals surface area contributed by atoms with E-state index in [4.69, 9.17) is 9.26 Å². The summed E-state index contributed by atoms with van der Waals surface area (Å²) in [4.78, 5) is 29.4. The lowest BCUT2D eigenvalue weighted by atomic mass is 10.0. The van der Waals surface area contributed by atoms with E-state index in [1.165, 1.54) is 95.6 Å². The molecule has 0 atom stereocenters.